The van der Waals surface area contributed by atoms with Crippen LogP contribution in [0.1, 0.15) is 43.0 Å². The van der Waals surface area contributed by atoms with Crippen LogP contribution >= 0.6 is 11.3 Å². The van der Waals surface area contributed by atoms with Gasteiger partial charge in [-0.15, -0.1) is 0 Å². The second kappa shape index (κ2) is 12.0. The van der Waals surface area contributed by atoms with Crippen LogP contribution in [0.4, 0.5) is 4.39 Å². The Morgan fingerprint density at radius 3 is 2.66 bits per heavy atom. The highest BCUT2D eigenvalue weighted by Crippen LogP contribution is 2.34. The maximum atomic E-state index is 14.4. The van der Waals surface area contributed by atoms with Crippen molar-refractivity contribution in [3.63, 3.8) is 0 Å². The van der Waals surface area contributed by atoms with Gasteiger partial charge in [0.15, 0.2) is 0 Å². The number of rotatable bonds is 10. The van der Waals surface area contributed by atoms with Crippen molar-refractivity contribution in [2.75, 3.05) is 33.4 Å². The molecule has 4 aromatic rings. The Morgan fingerprint density at radius 2 is 2.00 bits per heavy atom. The number of nitrogens with zero attached hydrogens (tertiary/aromatic N) is 5. The number of fused-ring (bicyclic) bond motifs is 1. The highest BCUT2D eigenvalue weighted by atomic mass is 32.1. The van der Waals surface area contributed by atoms with Crippen molar-refractivity contribution in [2.24, 2.45) is 0 Å². The predicted molar refractivity (Wildman–Crippen MR) is 151 cm³/mol. The van der Waals surface area contributed by atoms with Crippen molar-refractivity contribution >= 4 is 27.5 Å². The van der Waals surface area contributed by atoms with Gasteiger partial charge in [0, 0.05) is 36.6 Å². The van der Waals surface area contributed by atoms with E-state index >= 15 is 0 Å². The standard InChI is InChI=1S/C28H32FN5O6S/c1-17-23-25(37)34(18(2)24(36)31-10-4-5-11-31)28(38)32(27(23)41-26(17)33-12-6-9-30-33)16-22(40-14-13-35)20-15-19(29)7-8-21(20)39-3/h6-9,12,15,18,22,35H,4-5,10-11,13-14,16H2,1-3H3/t18?,22-/m0/s1. The first-order valence-corrected chi connectivity index (χ1v) is 14.2. The lowest BCUT2D eigenvalue weighted by molar-refractivity contribution is -0.133. The highest BCUT2D eigenvalue weighted by molar-refractivity contribution is 7.21. The van der Waals surface area contributed by atoms with E-state index in [0.29, 0.717) is 39.8 Å². The van der Waals surface area contributed by atoms with E-state index < -0.39 is 29.2 Å². The first-order chi connectivity index (χ1) is 19.8. The first-order valence-electron chi connectivity index (χ1n) is 13.4. The van der Waals surface area contributed by atoms with E-state index in [4.69, 9.17) is 9.47 Å². The number of carbonyl (C=O) groups excluding carboxylic acids is 1. The molecule has 0 spiro atoms. The lowest BCUT2D eigenvalue weighted by atomic mass is 10.1. The molecule has 0 saturated carbocycles. The largest absolute Gasteiger partial charge is 0.496 e. The minimum Gasteiger partial charge on any atom is -0.496 e. The topological polar surface area (TPSA) is 121 Å². The average molecular weight is 586 g/mol. The van der Waals surface area contributed by atoms with E-state index in [0.717, 1.165) is 17.4 Å². The molecule has 1 N–H and O–H groups in total. The molecule has 1 amide bonds. The van der Waals surface area contributed by atoms with Gasteiger partial charge in [0.05, 0.1) is 32.3 Å². The monoisotopic (exact) mass is 585 g/mol. The molecule has 13 heteroatoms. The third kappa shape index (κ3) is 5.32. The van der Waals surface area contributed by atoms with Crippen molar-refractivity contribution in [1.29, 1.82) is 0 Å². The van der Waals surface area contributed by atoms with Crippen LogP contribution in [0.2, 0.25) is 0 Å². The lowest BCUT2D eigenvalue weighted by Gasteiger charge is -2.24. The van der Waals surface area contributed by atoms with Crippen LogP contribution in [0, 0.1) is 12.7 Å². The molecule has 3 aromatic heterocycles. The Morgan fingerprint density at radius 1 is 1.24 bits per heavy atom. The Bertz CT molecular complexity index is 1670. The minimum atomic E-state index is -1.04. The first kappa shape index (κ1) is 28.7. The molecule has 0 bridgehead atoms. The van der Waals surface area contributed by atoms with Gasteiger partial charge in [-0.1, -0.05) is 11.3 Å². The second-order valence-electron chi connectivity index (χ2n) is 9.91. The number of aromatic nitrogens is 4. The Labute approximate surface area is 239 Å². The van der Waals surface area contributed by atoms with Crippen LogP contribution in [0.25, 0.3) is 15.2 Å². The van der Waals surface area contributed by atoms with Gasteiger partial charge in [-0.05, 0) is 51.0 Å². The summed E-state index contributed by atoms with van der Waals surface area (Å²) in [7, 11) is 1.44. The smallest absolute Gasteiger partial charge is 0.332 e. The number of aryl methyl sites for hydroxylation is 1. The summed E-state index contributed by atoms with van der Waals surface area (Å²) in [5, 5.41) is 14.7. The van der Waals surface area contributed by atoms with Crippen molar-refractivity contribution in [3.8, 4) is 10.8 Å². The van der Waals surface area contributed by atoms with Gasteiger partial charge >= 0.3 is 5.69 Å². The molecular weight excluding hydrogens is 553 g/mol. The molecule has 1 aromatic carbocycles. The number of hydrogen-bond donors (Lipinski definition) is 1. The molecule has 1 saturated heterocycles. The van der Waals surface area contributed by atoms with Crippen molar-refractivity contribution in [3.05, 3.63) is 74.4 Å². The number of methoxy groups -OCH3 is 1. The van der Waals surface area contributed by atoms with Crippen LogP contribution in [0.3, 0.4) is 0 Å². The normalized spacial score (nSPS) is 15.0. The second-order valence-corrected chi connectivity index (χ2v) is 10.9. The maximum absolute atomic E-state index is 14.4. The Balaban J connectivity index is 1.73. The number of aliphatic hydroxyl groups excluding tert-OH is 1. The number of aliphatic hydroxyl groups is 1. The van der Waals surface area contributed by atoms with Crippen molar-refractivity contribution < 1.29 is 23.8 Å². The molecule has 0 radical (unpaired) electrons. The van der Waals surface area contributed by atoms with Crippen LogP contribution in [-0.4, -0.2) is 68.2 Å². The molecule has 11 nitrogen and oxygen atoms in total. The van der Waals surface area contributed by atoms with Crippen molar-refractivity contribution in [2.45, 2.75) is 45.4 Å². The molecule has 2 atom stereocenters. The van der Waals surface area contributed by atoms with Crippen LogP contribution in [-0.2, 0) is 16.1 Å². The van der Waals surface area contributed by atoms with Gasteiger partial charge in [0.1, 0.15) is 33.5 Å². The van der Waals surface area contributed by atoms with E-state index in [1.54, 1.807) is 41.9 Å². The summed E-state index contributed by atoms with van der Waals surface area (Å²) in [5.41, 5.74) is -0.313. The van der Waals surface area contributed by atoms with Crippen LogP contribution in [0.15, 0.2) is 46.2 Å². The van der Waals surface area contributed by atoms with Gasteiger partial charge in [0.2, 0.25) is 5.91 Å². The van der Waals surface area contributed by atoms with Gasteiger partial charge in [-0.3, -0.25) is 14.2 Å². The van der Waals surface area contributed by atoms with E-state index in [9.17, 15) is 23.9 Å². The van der Waals surface area contributed by atoms with Gasteiger partial charge in [-0.25, -0.2) is 18.4 Å². The van der Waals surface area contributed by atoms with Crippen LogP contribution in [0.5, 0.6) is 5.75 Å². The number of benzene rings is 1. The number of halogens is 1. The Hall–Kier alpha value is -3.81. The summed E-state index contributed by atoms with van der Waals surface area (Å²) < 4.78 is 29.8. The number of ether oxygens (including phenoxy) is 2. The zero-order chi connectivity index (χ0) is 29.3. The summed E-state index contributed by atoms with van der Waals surface area (Å²) in [5.74, 6) is -0.490. The van der Waals surface area contributed by atoms with Gasteiger partial charge in [-0.2, -0.15) is 5.10 Å². The number of carbonyl (C=O) groups is 1. The van der Waals surface area contributed by atoms with E-state index in [1.165, 1.54) is 41.2 Å². The molecule has 1 unspecified atom stereocenters. The average Bonchev–Trinajstić information content (AvgIpc) is 3.74. The fraction of sp³-hybridized carbons (Fsp3) is 0.429. The van der Waals surface area contributed by atoms with E-state index in [-0.39, 0.29) is 31.1 Å². The number of likely N-dealkylation sites (tertiary alicyclic amines) is 1. The SMILES string of the molecule is COc1ccc(F)cc1[C@H](Cn1c(=O)n(C(C)C(=O)N2CCCC2)c(=O)c2c(C)c(-n3cccn3)sc21)OCCO. The summed E-state index contributed by atoms with van der Waals surface area (Å²) in [6.07, 6.45) is 4.16. The molecule has 1 aliphatic heterocycles. The zero-order valence-electron chi connectivity index (χ0n) is 23.1. The third-order valence-corrected chi connectivity index (χ3v) is 8.69. The highest BCUT2D eigenvalue weighted by Gasteiger charge is 2.31. The van der Waals surface area contributed by atoms with Gasteiger partial charge < -0.3 is 19.5 Å². The number of amides is 1. The Kier molecular flexibility index (Phi) is 8.38. The third-order valence-electron chi connectivity index (χ3n) is 7.39. The van der Waals surface area contributed by atoms with E-state index in [1.807, 2.05) is 0 Å². The molecular formula is C28H32FN5O6S. The summed E-state index contributed by atoms with van der Waals surface area (Å²) in [6.45, 7) is 3.95. The molecule has 5 rings (SSSR count). The predicted octanol–water partition coefficient (Wildman–Crippen LogP) is 2.80. The summed E-state index contributed by atoms with van der Waals surface area (Å²) >= 11 is 1.21. The molecule has 4 heterocycles. The van der Waals surface area contributed by atoms with E-state index in [2.05, 4.69) is 5.10 Å². The zero-order valence-corrected chi connectivity index (χ0v) is 23.9. The summed E-state index contributed by atoms with van der Waals surface area (Å²) in [4.78, 5) is 43.5. The molecule has 0 aliphatic carbocycles. The quantitative estimate of drug-likeness (QED) is 0.304. The fourth-order valence-corrected chi connectivity index (χ4v) is 6.58. The molecule has 41 heavy (non-hydrogen) atoms. The molecule has 218 valence electrons. The lowest BCUT2D eigenvalue weighted by Crippen LogP contribution is -2.47. The number of hydrogen-bond acceptors (Lipinski definition) is 8. The maximum Gasteiger partial charge on any atom is 0.332 e. The molecule has 1 fully saturated rings. The minimum absolute atomic E-state index is 0.0896. The van der Waals surface area contributed by atoms with Crippen LogP contribution < -0.4 is 16.0 Å². The number of thiophene rings is 1. The van der Waals surface area contributed by atoms with Crippen molar-refractivity contribution in [1.82, 2.24) is 23.8 Å². The fourth-order valence-electron chi connectivity index (χ4n) is 5.33. The molecule has 1 aliphatic rings. The summed E-state index contributed by atoms with van der Waals surface area (Å²) in [6, 6.07) is 4.67. The van der Waals surface area contributed by atoms with Gasteiger partial charge in [0.25, 0.3) is 5.56 Å².